The molecule has 148 valence electrons. The van der Waals surface area contributed by atoms with Crippen molar-refractivity contribution >= 4 is 5.91 Å². The lowest BCUT2D eigenvalue weighted by atomic mass is 9.92. The highest BCUT2D eigenvalue weighted by Crippen LogP contribution is 2.31. The lowest BCUT2D eigenvalue weighted by molar-refractivity contribution is -0.132. The van der Waals surface area contributed by atoms with Gasteiger partial charge in [-0.1, -0.05) is 42.5 Å². The minimum atomic E-state index is -0.670. The summed E-state index contributed by atoms with van der Waals surface area (Å²) in [5.41, 5.74) is 1.26. The summed E-state index contributed by atoms with van der Waals surface area (Å²) in [6.07, 6.45) is 0.130. The number of aliphatic hydroxyl groups is 1. The summed E-state index contributed by atoms with van der Waals surface area (Å²) in [6.45, 7) is 2.72. The maximum Gasteiger partial charge on any atom is 0.264 e. The molecule has 2 aliphatic heterocycles. The van der Waals surface area contributed by atoms with E-state index in [1.165, 1.54) is 5.56 Å². The van der Waals surface area contributed by atoms with Gasteiger partial charge in [-0.25, -0.2) is 0 Å². The second-order valence-electron chi connectivity index (χ2n) is 7.43. The fourth-order valence-corrected chi connectivity index (χ4v) is 3.89. The molecule has 2 N–H and O–H groups in total. The number of aliphatic hydroxyl groups excluding tert-OH is 1. The van der Waals surface area contributed by atoms with Crippen molar-refractivity contribution in [2.45, 2.75) is 25.1 Å². The van der Waals surface area contributed by atoms with Gasteiger partial charge in [0.1, 0.15) is 6.61 Å². The third kappa shape index (κ3) is 4.29. The molecule has 1 amide bonds. The number of piperidine rings is 1. The maximum absolute atomic E-state index is 12.7. The van der Waals surface area contributed by atoms with Gasteiger partial charge in [-0.15, -0.1) is 0 Å². The Morgan fingerprint density at radius 2 is 1.86 bits per heavy atom. The molecule has 3 atom stereocenters. The number of hydrogen-bond donors (Lipinski definition) is 2. The topological polar surface area (TPSA) is 71.0 Å². The van der Waals surface area contributed by atoms with Gasteiger partial charge in [0.05, 0.1) is 0 Å². The summed E-state index contributed by atoms with van der Waals surface area (Å²) < 4.78 is 11.4. The number of ether oxygens (including phenoxy) is 2. The first-order chi connectivity index (χ1) is 13.7. The van der Waals surface area contributed by atoms with Gasteiger partial charge in [-0.05, 0) is 24.1 Å². The number of para-hydroxylation sites is 2. The minimum absolute atomic E-state index is 0.00166. The van der Waals surface area contributed by atoms with E-state index in [0.717, 1.165) is 26.1 Å². The van der Waals surface area contributed by atoms with Crippen LogP contribution in [0.3, 0.4) is 0 Å². The van der Waals surface area contributed by atoms with Gasteiger partial charge in [-0.3, -0.25) is 9.69 Å². The molecule has 2 aliphatic rings. The SMILES string of the molecule is O=C(N[C@@H]1CCN(Cc2ccccc2)C[C@H]1CO)[C@@H]1COc2ccccc2O1. The van der Waals surface area contributed by atoms with Crippen LogP contribution >= 0.6 is 0 Å². The van der Waals surface area contributed by atoms with Crippen molar-refractivity contribution in [2.24, 2.45) is 5.92 Å². The van der Waals surface area contributed by atoms with Gasteiger partial charge in [0.15, 0.2) is 11.5 Å². The van der Waals surface area contributed by atoms with Crippen LogP contribution in [0.4, 0.5) is 0 Å². The zero-order valence-electron chi connectivity index (χ0n) is 15.8. The Balaban J connectivity index is 1.33. The second-order valence-corrected chi connectivity index (χ2v) is 7.43. The summed E-state index contributed by atoms with van der Waals surface area (Å²) in [6, 6.07) is 17.6. The molecule has 0 spiro atoms. The number of nitrogens with one attached hydrogen (secondary N) is 1. The summed E-state index contributed by atoms with van der Waals surface area (Å²) in [5.74, 6) is 1.06. The quantitative estimate of drug-likeness (QED) is 0.826. The zero-order chi connectivity index (χ0) is 19.3. The Kier molecular flexibility index (Phi) is 5.78. The number of nitrogens with zero attached hydrogens (tertiary/aromatic N) is 1. The van der Waals surface area contributed by atoms with Crippen LogP contribution in [0.1, 0.15) is 12.0 Å². The number of benzene rings is 2. The Morgan fingerprint density at radius 3 is 2.64 bits per heavy atom. The molecule has 6 heteroatoms. The van der Waals surface area contributed by atoms with Gasteiger partial charge in [0, 0.05) is 38.2 Å². The third-order valence-electron chi connectivity index (χ3n) is 5.43. The summed E-state index contributed by atoms with van der Waals surface area (Å²) in [4.78, 5) is 15.0. The van der Waals surface area contributed by atoms with Gasteiger partial charge in [-0.2, -0.15) is 0 Å². The molecule has 0 bridgehead atoms. The maximum atomic E-state index is 12.7. The number of carbonyl (C=O) groups is 1. The van der Waals surface area contributed by atoms with Crippen molar-refractivity contribution < 1.29 is 19.4 Å². The van der Waals surface area contributed by atoms with Gasteiger partial charge in [0.2, 0.25) is 6.10 Å². The largest absolute Gasteiger partial charge is 0.485 e. The van der Waals surface area contributed by atoms with Crippen LogP contribution in [-0.2, 0) is 11.3 Å². The number of hydrogen-bond acceptors (Lipinski definition) is 5. The Bertz CT molecular complexity index is 798. The highest BCUT2D eigenvalue weighted by molar-refractivity contribution is 5.82. The van der Waals surface area contributed by atoms with Crippen molar-refractivity contribution in [3.63, 3.8) is 0 Å². The predicted molar refractivity (Wildman–Crippen MR) is 105 cm³/mol. The molecule has 2 aromatic carbocycles. The average Bonchev–Trinajstić information content (AvgIpc) is 2.75. The molecular weight excluding hydrogens is 356 g/mol. The monoisotopic (exact) mass is 382 g/mol. The molecule has 0 aliphatic carbocycles. The highest BCUT2D eigenvalue weighted by Gasteiger charge is 2.34. The van der Waals surface area contributed by atoms with Crippen molar-refractivity contribution in [1.29, 1.82) is 0 Å². The summed E-state index contributed by atoms with van der Waals surface area (Å²) in [7, 11) is 0. The van der Waals surface area contributed by atoms with Crippen LogP contribution in [0.25, 0.3) is 0 Å². The standard InChI is InChI=1S/C22H26N2O4/c25-14-17-13-24(12-16-6-2-1-3-7-16)11-10-18(17)23-22(26)21-15-27-19-8-4-5-9-20(19)28-21/h1-9,17-18,21,25H,10-15H2,(H,23,26)/t17-,18+,21-/m0/s1. The second kappa shape index (κ2) is 8.63. The van der Waals surface area contributed by atoms with Crippen LogP contribution in [-0.4, -0.2) is 54.4 Å². The smallest absolute Gasteiger partial charge is 0.264 e. The van der Waals surface area contributed by atoms with Gasteiger partial charge >= 0.3 is 0 Å². The molecule has 2 aromatic rings. The number of rotatable bonds is 5. The van der Waals surface area contributed by atoms with Crippen molar-refractivity contribution in [2.75, 3.05) is 26.3 Å². The molecule has 28 heavy (non-hydrogen) atoms. The molecule has 0 unspecified atom stereocenters. The lowest BCUT2D eigenvalue weighted by Crippen LogP contribution is -2.55. The molecule has 0 radical (unpaired) electrons. The van der Waals surface area contributed by atoms with Crippen molar-refractivity contribution in [3.8, 4) is 11.5 Å². The summed E-state index contributed by atoms with van der Waals surface area (Å²) >= 11 is 0. The molecule has 0 aromatic heterocycles. The average molecular weight is 382 g/mol. The Hall–Kier alpha value is -2.57. The van der Waals surface area contributed by atoms with E-state index in [4.69, 9.17) is 9.47 Å². The van der Waals surface area contributed by atoms with E-state index < -0.39 is 6.10 Å². The van der Waals surface area contributed by atoms with Crippen molar-refractivity contribution in [3.05, 3.63) is 60.2 Å². The van der Waals surface area contributed by atoms with Crippen LogP contribution in [0.2, 0.25) is 0 Å². The van der Waals surface area contributed by atoms with E-state index >= 15 is 0 Å². The normalized spacial score (nSPS) is 24.5. The zero-order valence-corrected chi connectivity index (χ0v) is 15.8. The molecule has 1 saturated heterocycles. The Labute approximate surface area is 165 Å². The fourth-order valence-electron chi connectivity index (χ4n) is 3.89. The third-order valence-corrected chi connectivity index (χ3v) is 5.43. The predicted octanol–water partition coefficient (Wildman–Crippen LogP) is 1.83. The van der Waals surface area contributed by atoms with Crippen molar-refractivity contribution in [1.82, 2.24) is 10.2 Å². The molecule has 4 rings (SSSR count). The van der Waals surface area contributed by atoms with Crippen LogP contribution in [0.15, 0.2) is 54.6 Å². The number of fused-ring (bicyclic) bond motifs is 1. The first kappa shape index (κ1) is 18.8. The molecule has 0 saturated carbocycles. The van der Waals surface area contributed by atoms with E-state index in [0.29, 0.717) is 11.5 Å². The van der Waals surface area contributed by atoms with Crippen LogP contribution in [0, 0.1) is 5.92 Å². The lowest BCUT2D eigenvalue weighted by Gasteiger charge is -2.39. The van der Waals surface area contributed by atoms with Crippen LogP contribution < -0.4 is 14.8 Å². The number of amides is 1. The van der Waals surface area contributed by atoms with E-state index in [1.54, 1.807) is 6.07 Å². The number of carbonyl (C=O) groups excluding carboxylic acids is 1. The van der Waals surface area contributed by atoms with E-state index in [2.05, 4.69) is 22.3 Å². The minimum Gasteiger partial charge on any atom is -0.485 e. The van der Waals surface area contributed by atoms with Gasteiger partial charge in [0.25, 0.3) is 5.91 Å². The fraction of sp³-hybridized carbons (Fsp3) is 0.409. The molecule has 2 heterocycles. The Morgan fingerprint density at radius 1 is 1.11 bits per heavy atom. The summed E-state index contributed by atoms with van der Waals surface area (Å²) in [5, 5.41) is 12.9. The van der Waals surface area contributed by atoms with E-state index in [9.17, 15) is 9.90 Å². The van der Waals surface area contributed by atoms with E-state index in [-0.39, 0.29) is 31.1 Å². The first-order valence-corrected chi connectivity index (χ1v) is 9.79. The first-order valence-electron chi connectivity index (χ1n) is 9.79. The van der Waals surface area contributed by atoms with E-state index in [1.807, 2.05) is 36.4 Å². The van der Waals surface area contributed by atoms with Gasteiger partial charge < -0.3 is 19.9 Å². The molecular formula is C22H26N2O4. The number of likely N-dealkylation sites (tertiary alicyclic amines) is 1. The highest BCUT2D eigenvalue weighted by atomic mass is 16.6. The molecule has 1 fully saturated rings. The molecule has 6 nitrogen and oxygen atoms in total. The van der Waals surface area contributed by atoms with Crippen LogP contribution in [0.5, 0.6) is 11.5 Å².